The highest BCUT2D eigenvalue weighted by molar-refractivity contribution is 6.31. The SMILES string of the molecule is C[C@@H]1Cc2nn3c(c2CN1C(=O)c1ccc(Cl)c(C#N)c1)C(=O)N([C@@H](C)c1ccc(C(F)(F)F)cc1)CC3. The van der Waals surface area contributed by atoms with Crippen LogP contribution in [0.5, 0.6) is 0 Å². The second-order valence-corrected chi connectivity index (χ2v) is 9.99. The van der Waals surface area contributed by atoms with Crippen molar-refractivity contribution >= 4 is 23.4 Å². The van der Waals surface area contributed by atoms with Crippen LogP contribution in [0.3, 0.4) is 0 Å². The van der Waals surface area contributed by atoms with Gasteiger partial charge in [0.25, 0.3) is 11.8 Å². The standard InChI is InChI=1S/C27H23ClF3N5O2/c1-15-11-23-21(14-35(15)25(37)18-5-8-22(28)19(12-18)13-32)24-26(38)34(9-10-36(24)33-23)16(2)17-3-6-20(7-4-17)27(29,30)31/h3-8,12,15-16H,9-11,14H2,1-2H3/t15-,16+/m1/s1. The van der Waals surface area contributed by atoms with E-state index in [4.69, 9.17) is 11.6 Å². The zero-order valence-corrected chi connectivity index (χ0v) is 21.3. The highest BCUT2D eigenvalue weighted by Gasteiger charge is 2.39. The first-order valence-corrected chi connectivity index (χ1v) is 12.4. The Morgan fingerprint density at radius 3 is 2.55 bits per heavy atom. The first kappa shape index (κ1) is 25.8. The first-order chi connectivity index (χ1) is 18.0. The largest absolute Gasteiger partial charge is 0.416 e. The van der Waals surface area contributed by atoms with Gasteiger partial charge in [-0.05, 0) is 49.7 Å². The third kappa shape index (κ3) is 4.41. The number of halogens is 4. The summed E-state index contributed by atoms with van der Waals surface area (Å²) in [4.78, 5) is 30.3. The Balaban J connectivity index is 1.42. The maximum absolute atomic E-state index is 13.7. The monoisotopic (exact) mass is 541 g/mol. The van der Waals surface area contributed by atoms with Gasteiger partial charge in [-0.2, -0.15) is 23.5 Å². The lowest BCUT2D eigenvalue weighted by molar-refractivity contribution is -0.137. The first-order valence-electron chi connectivity index (χ1n) is 12.1. The normalized spacial score (nSPS) is 18.0. The van der Waals surface area contributed by atoms with Gasteiger partial charge in [0.2, 0.25) is 0 Å². The van der Waals surface area contributed by atoms with Crippen molar-refractivity contribution in [3.63, 3.8) is 0 Å². The second kappa shape index (κ2) is 9.48. The average Bonchev–Trinajstić information content (AvgIpc) is 3.25. The molecule has 0 aliphatic carbocycles. The fraction of sp³-hybridized carbons (Fsp3) is 0.333. The minimum absolute atomic E-state index is 0.170. The third-order valence-electron chi connectivity index (χ3n) is 7.28. The smallest absolute Gasteiger partial charge is 0.331 e. The van der Waals surface area contributed by atoms with Crippen LogP contribution in [0, 0.1) is 11.3 Å². The number of nitriles is 1. The van der Waals surface area contributed by atoms with Crippen LogP contribution in [-0.2, 0) is 25.7 Å². The molecule has 3 heterocycles. The Morgan fingerprint density at radius 1 is 1.18 bits per heavy atom. The van der Waals surface area contributed by atoms with Crippen molar-refractivity contribution < 1.29 is 22.8 Å². The molecule has 2 aromatic carbocycles. The molecule has 11 heteroatoms. The molecule has 0 fully saturated rings. The number of hydrogen-bond donors (Lipinski definition) is 0. The van der Waals surface area contributed by atoms with Crippen molar-refractivity contribution in [1.82, 2.24) is 19.6 Å². The van der Waals surface area contributed by atoms with E-state index in [0.717, 1.165) is 17.8 Å². The zero-order chi connectivity index (χ0) is 27.4. The van der Waals surface area contributed by atoms with Crippen molar-refractivity contribution in [2.75, 3.05) is 6.54 Å². The molecule has 0 saturated heterocycles. The van der Waals surface area contributed by atoms with E-state index in [1.807, 2.05) is 13.0 Å². The van der Waals surface area contributed by atoms with Crippen LogP contribution in [0.15, 0.2) is 42.5 Å². The number of carbonyl (C=O) groups is 2. The molecule has 2 atom stereocenters. The number of carbonyl (C=O) groups excluding carboxylic acids is 2. The van der Waals surface area contributed by atoms with Crippen LogP contribution < -0.4 is 0 Å². The van der Waals surface area contributed by atoms with Gasteiger partial charge in [0.15, 0.2) is 0 Å². The Bertz CT molecular complexity index is 1480. The summed E-state index contributed by atoms with van der Waals surface area (Å²) in [5.74, 6) is -0.563. The van der Waals surface area contributed by atoms with Gasteiger partial charge in [-0.3, -0.25) is 14.3 Å². The fourth-order valence-corrected chi connectivity index (χ4v) is 5.28. The summed E-state index contributed by atoms with van der Waals surface area (Å²) in [6, 6.07) is 10.7. The van der Waals surface area contributed by atoms with Gasteiger partial charge >= 0.3 is 6.18 Å². The molecule has 0 radical (unpaired) electrons. The number of rotatable bonds is 3. The Hall–Kier alpha value is -3.84. The molecule has 0 N–H and O–H groups in total. The summed E-state index contributed by atoms with van der Waals surface area (Å²) >= 11 is 6.02. The molecular weight excluding hydrogens is 519 g/mol. The Kier molecular flexibility index (Phi) is 6.43. The maximum atomic E-state index is 13.7. The third-order valence-corrected chi connectivity index (χ3v) is 7.61. The van der Waals surface area contributed by atoms with Crippen LogP contribution in [0.1, 0.15) is 68.7 Å². The van der Waals surface area contributed by atoms with Gasteiger partial charge in [0.1, 0.15) is 11.8 Å². The quantitative estimate of drug-likeness (QED) is 0.454. The second-order valence-electron chi connectivity index (χ2n) is 9.58. The van der Waals surface area contributed by atoms with E-state index >= 15 is 0 Å². The van der Waals surface area contributed by atoms with E-state index in [-0.39, 0.29) is 35.0 Å². The van der Waals surface area contributed by atoms with Crippen molar-refractivity contribution in [3.05, 3.63) is 86.7 Å². The predicted molar refractivity (Wildman–Crippen MR) is 132 cm³/mol. The minimum Gasteiger partial charge on any atom is -0.331 e. The zero-order valence-electron chi connectivity index (χ0n) is 20.6. The van der Waals surface area contributed by atoms with E-state index in [0.29, 0.717) is 41.9 Å². The van der Waals surface area contributed by atoms with Crippen LogP contribution in [0.25, 0.3) is 0 Å². The van der Waals surface area contributed by atoms with Gasteiger partial charge in [-0.15, -0.1) is 0 Å². The fourth-order valence-electron chi connectivity index (χ4n) is 5.12. The number of amides is 2. The summed E-state index contributed by atoms with van der Waals surface area (Å²) in [5, 5.41) is 14.2. The molecule has 0 saturated carbocycles. The lowest BCUT2D eigenvalue weighted by Crippen LogP contribution is -2.44. The molecule has 2 aliphatic rings. The highest BCUT2D eigenvalue weighted by Crippen LogP contribution is 2.34. The molecule has 2 amide bonds. The molecule has 196 valence electrons. The molecule has 0 spiro atoms. The summed E-state index contributed by atoms with van der Waals surface area (Å²) in [7, 11) is 0. The number of nitrogens with zero attached hydrogens (tertiary/aromatic N) is 5. The Morgan fingerprint density at radius 2 is 1.89 bits per heavy atom. The molecule has 1 aromatic heterocycles. The maximum Gasteiger partial charge on any atom is 0.416 e. The highest BCUT2D eigenvalue weighted by atomic mass is 35.5. The molecule has 3 aromatic rings. The van der Waals surface area contributed by atoms with E-state index in [1.54, 1.807) is 27.5 Å². The van der Waals surface area contributed by atoms with E-state index < -0.39 is 17.8 Å². The van der Waals surface area contributed by atoms with Crippen LogP contribution >= 0.6 is 11.6 Å². The van der Waals surface area contributed by atoms with Crippen molar-refractivity contribution in [3.8, 4) is 6.07 Å². The number of hydrogen-bond acceptors (Lipinski definition) is 4. The van der Waals surface area contributed by atoms with E-state index in [9.17, 15) is 28.0 Å². The summed E-state index contributed by atoms with van der Waals surface area (Å²) in [6.07, 6.45) is -3.97. The molecule has 5 rings (SSSR count). The van der Waals surface area contributed by atoms with Crippen molar-refractivity contribution in [2.24, 2.45) is 0 Å². The molecule has 2 aliphatic heterocycles. The molecule has 7 nitrogen and oxygen atoms in total. The van der Waals surface area contributed by atoms with Crippen molar-refractivity contribution in [1.29, 1.82) is 5.26 Å². The van der Waals surface area contributed by atoms with Gasteiger partial charge < -0.3 is 9.80 Å². The van der Waals surface area contributed by atoms with E-state index in [1.165, 1.54) is 24.3 Å². The number of fused-ring (bicyclic) bond motifs is 3. The van der Waals surface area contributed by atoms with Crippen LogP contribution in [-0.4, -0.2) is 44.0 Å². The van der Waals surface area contributed by atoms with Gasteiger partial charge in [0, 0.05) is 30.1 Å². The van der Waals surface area contributed by atoms with E-state index in [2.05, 4.69) is 5.10 Å². The summed E-state index contributed by atoms with van der Waals surface area (Å²) < 4.78 is 40.6. The lowest BCUT2D eigenvalue weighted by Gasteiger charge is -2.35. The molecule has 38 heavy (non-hydrogen) atoms. The topological polar surface area (TPSA) is 82.2 Å². The summed E-state index contributed by atoms with van der Waals surface area (Å²) in [5.41, 5.74) is 2.19. The van der Waals surface area contributed by atoms with Gasteiger partial charge in [0.05, 0.1) is 41.0 Å². The van der Waals surface area contributed by atoms with Gasteiger partial charge in [-0.25, -0.2) is 0 Å². The Labute approximate surface area is 222 Å². The van der Waals surface area contributed by atoms with Crippen LogP contribution in [0.4, 0.5) is 13.2 Å². The van der Waals surface area contributed by atoms with Crippen molar-refractivity contribution in [2.45, 2.75) is 51.6 Å². The lowest BCUT2D eigenvalue weighted by atomic mass is 9.96. The minimum atomic E-state index is -4.43. The molecule has 0 unspecified atom stereocenters. The predicted octanol–water partition coefficient (Wildman–Crippen LogP) is 5.23. The number of alkyl halides is 3. The average molecular weight is 542 g/mol. The van der Waals surface area contributed by atoms with Crippen LogP contribution in [0.2, 0.25) is 5.02 Å². The summed E-state index contributed by atoms with van der Waals surface area (Å²) in [6.45, 7) is 4.65. The number of benzene rings is 2. The molecular formula is C27H23ClF3N5O2. The molecule has 0 bridgehead atoms. The van der Waals surface area contributed by atoms with Gasteiger partial charge in [-0.1, -0.05) is 23.7 Å². The number of aromatic nitrogens is 2.